The van der Waals surface area contributed by atoms with Crippen molar-refractivity contribution in [1.82, 2.24) is 5.32 Å². The van der Waals surface area contributed by atoms with E-state index in [1.165, 1.54) is 0 Å². The number of nitrogens with two attached hydrogens (primary N) is 1. The van der Waals surface area contributed by atoms with Crippen LogP contribution in [0.3, 0.4) is 0 Å². The number of hydrogen-bond acceptors (Lipinski definition) is 2. The second-order valence-corrected chi connectivity index (χ2v) is 2.30. The molecule has 0 amide bonds. The molecule has 3 N–H and O–H groups in total. The molecule has 10 heavy (non-hydrogen) atoms. The maximum atomic E-state index is 5.24. The van der Waals surface area contributed by atoms with Gasteiger partial charge in [-0.2, -0.15) is 0 Å². The van der Waals surface area contributed by atoms with Gasteiger partial charge in [-0.1, -0.05) is 6.92 Å². The molecule has 0 aliphatic carbocycles. The van der Waals surface area contributed by atoms with Crippen molar-refractivity contribution in [3.8, 4) is 0 Å². The van der Waals surface area contributed by atoms with Crippen LogP contribution in [-0.2, 0) is 4.74 Å². The third-order valence-electron chi connectivity index (χ3n) is 1.04. The number of hydrogen-bond donors (Lipinski definition) is 2. The lowest BCUT2D eigenvalue weighted by atomic mass is 10.4. The fourth-order valence-corrected chi connectivity index (χ4v) is 0.753. The van der Waals surface area contributed by atoms with Crippen molar-refractivity contribution < 1.29 is 4.74 Å². The molecule has 1 atom stereocenters. The van der Waals surface area contributed by atoms with Crippen molar-refractivity contribution in [2.45, 2.75) is 26.5 Å². The zero-order valence-electron chi connectivity index (χ0n) is 6.39. The highest BCUT2D eigenvalue weighted by atomic mass is 32.1. The molecule has 60 valence electrons. The summed E-state index contributed by atoms with van der Waals surface area (Å²) in [5.41, 5.74) is 5.24. The minimum atomic E-state index is -0.0255. The fraction of sp³-hybridized carbons (Fsp3) is 0.833. The molecule has 0 bridgehead atoms. The maximum absolute atomic E-state index is 5.24. The van der Waals surface area contributed by atoms with Gasteiger partial charge in [-0.15, -0.1) is 0 Å². The van der Waals surface area contributed by atoms with Gasteiger partial charge in [-0.25, -0.2) is 0 Å². The van der Waals surface area contributed by atoms with Crippen LogP contribution < -0.4 is 11.1 Å². The van der Waals surface area contributed by atoms with Gasteiger partial charge >= 0.3 is 0 Å². The molecule has 0 aliphatic heterocycles. The molecule has 0 aromatic carbocycles. The minimum Gasteiger partial charge on any atom is -0.376 e. The van der Waals surface area contributed by atoms with Crippen molar-refractivity contribution in [3.63, 3.8) is 0 Å². The van der Waals surface area contributed by atoms with E-state index in [2.05, 4.69) is 17.5 Å². The van der Waals surface area contributed by atoms with Crippen LogP contribution in [0.5, 0.6) is 0 Å². The molecular formula is C6H14N2OS. The van der Waals surface area contributed by atoms with E-state index in [4.69, 9.17) is 10.5 Å². The first-order valence-electron chi connectivity index (χ1n) is 3.38. The van der Waals surface area contributed by atoms with E-state index in [9.17, 15) is 0 Å². The van der Waals surface area contributed by atoms with Gasteiger partial charge in [-0.05, 0) is 25.6 Å². The summed E-state index contributed by atoms with van der Waals surface area (Å²) < 4.78 is 5.22. The Bertz CT molecular complexity index is 108. The number of ether oxygens (including phenoxy) is 1. The Kier molecular flexibility index (Phi) is 5.25. The van der Waals surface area contributed by atoms with Crippen molar-refractivity contribution in [2.24, 2.45) is 5.73 Å². The molecule has 3 nitrogen and oxygen atoms in total. The molecule has 0 rings (SSSR count). The Labute approximate surface area is 66.9 Å². The third kappa shape index (κ3) is 4.52. The smallest absolute Gasteiger partial charge is 0.165 e. The van der Waals surface area contributed by atoms with Crippen LogP contribution >= 0.6 is 12.2 Å². The molecule has 4 heteroatoms. The Morgan fingerprint density at radius 2 is 2.30 bits per heavy atom. The van der Waals surface area contributed by atoms with Gasteiger partial charge in [0.1, 0.15) is 6.23 Å². The summed E-state index contributed by atoms with van der Waals surface area (Å²) >= 11 is 4.64. The molecular weight excluding hydrogens is 148 g/mol. The second kappa shape index (κ2) is 5.44. The van der Waals surface area contributed by atoms with Crippen LogP contribution in [0.2, 0.25) is 0 Å². The van der Waals surface area contributed by atoms with Crippen LogP contribution in [0, 0.1) is 0 Å². The molecule has 0 unspecified atom stereocenters. The normalized spacial score (nSPS) is 12.6. The predicted octanol–water partition coefficient (Wildman–Crippen LogP) is 0.592. The molecule has 0 spiro atoms. The summed E-state index contributed by atoms with van der Waals surface area (Å²) in [6.45, 7) is 4.61. The molecule has 0 saturated heterocycles. The van der Waals surface area contributed by atoms with Crippen LogP contribution in [-0.4, -0.2) is 17.9 Å². The highest BCUT2D eigenvalue weighted by molar-refractivity contribution is 7.80. The number of rotatable bonds is 4. The lowest BCUT2D eigenvalue weighted by Crippen LogP contribution is -2.39. The average molecular weight is 162 g/mol. The van der Waals surface area contributed by atoms with Crippen molar-refractivity contribution >= 4 is 17.3 Å². The van der Waals surface area contributed by atoms with Crippen molar-refractivity contribution in [1.29, 1.82) is 0 Å². The summed E-state index contributed by atoms with van der Waals surface area (Å²) in [6, 6.07) is 0. The van der Waals surface area contributed by atoms with Crippen LogP contribution in [0.1, 0.15) is 20.3 Å². The monoisotopic (exact) mass is 162 g/mol. The van der Waals surface area contributed by atoms with E-state index in [0.717, 1.165) is 6.42 Å². The molecule has 0 aromatic heterocycles. The quantitative estimate of drug-likeness (QED) is 0.469. The first kappa shape index (κ1) is 9.65. The minimum absolute atomic E-state index is 0.0255. The summed E-state index contributed by atoms with van der Waals surface area (Å²) in [5, 5.41) is 3.11. The topological polar surface area (TPSA) is 47.3 Å². The lowest BCUT2D eigenvalue weighted by Gasteiger charge is -2.15. The summed E-state index contributed by atoms with van der Waals surface area (Å²) in [7, 11) is 0. The van der Waals surface area contributed by atoms with Gasteiger partial charge in [0.2, 0.25) is 0 Å². The SMILES string of the molecule is CCO[C@@H](CC)NC(N)=S. The largest absolute Gasteiger partial charge is 0.376 e. The molecule has 0 aromatic rings. The molecule has 0 saturated carbocycles. The highest BCUT2D eigenvalue weighted by Crippen LogP contribution is 1.91. The summed E-state index contributed by atoms with van der Waals surface area (Å²) in [4.78, 5) is 0. The van der Waals surface area contributed by atoms with Crippen molar-refractivity contribution in [2.75, 3.05) is 6.61 Å². The van der Waals surface area contributed by atoms with Crippen LogP contribution in [0.25, 0.3) is 0 Å². The van der Waals surface area contributed by atoms with Crippen LogP contribution in [0.4, 0.5) is 0 Å². The van der Waals surface area contributed by atoms with Gasteiger partial charge in [0.25, 0.3) is 0 Å². The fourth-order valence-electron chi connectivity index (χ4n) is 0.621. The predicted molar refractivity (Wildman–Crippen MR) is 45.6 cm³/mol. The van der Waals surface area contributed by atoms with E-state index in [1.807, 2.05) is 13.8 Å². The van der Waals surface area contributed by atoms with E-state index >= 15 is 0 Å². The van der Waals surface area contributed by atoms with E-state index in [1.54, 1.807) is 0 Å². The Morgan fingerprint density at radius 3 is 2.60 bits per heavy atom. The van der Waals surface area contributed by atoms with Crippen LogP contribution in [0.15, 0.2) is 0 Å². The highest BCUT2D eigenvalue weighted by Gasteiger charge is 2.02. The van der Waals surface area contributed by atoms with Gasteiger partial charge in [-0.3, -0.25) is 0 Å². The van der Waals surface area contributed by atoms with E-state index in [-0.39, 0.29) is 6.23 Å². The van der Waals surface area contributed by atoms with Gasteiger partial charge in [0.05, 0.1) is 0 Å². The Hall–Kier alpha value is -0.350. The zero-order valence-corrected chi connectivity index (χ0v) is 7.20. The Morgan fingerprint density at radius 1 is 1.70 bits per heavy atom. The maximum Gasteiger partial charge on any atom is 0.165 e. The zero-order chi connectivity index (χ0) is 7.98. The summed E-state index contributed by atoms with van der Waals surface area (Å²) in [6.07, 6.45) is 0.841. The third-order valence-corrected chi connectivity index (χ3v) is 1.16. The number of thiocarbonyl (C=S) groups is 1. The molecule has 0 radical (unpaired) electrons. The standard InChI is InChI=1S/C6H14N2OS/c1-3-5(9-4-2)8-6(7)10/h5H,3-4H2,1-2H3,(H3,7,8,10)/t5-/m0/s1. The second-order valence-electron chi connectivity index (χ2n) is 1.86. The lowest BCUT2D eigenvalue weighted by molar-refractivity contribution is 0.0502. The first-order chi connectivity index (χ1) is 4.70. The van der Waals surface area contributed by atoms with Gasteiger partial charge < -0.3 is 15.8 Å². The Balaban J connectivity index is 3.49. The van der Waals surface area contributed by atoms with Gasteiger partial charge in [0, 0.05) is 6.61 Å². The molecule has 0 fully saturated rings. The average Bonchev–Trinajstić information content (AvgIpc) is 1.86. The van der Waals surface area contributed by atoms with E-state index < -0.39 is 0 Å². The summed E-state index contributed by atoms with van der Waals surface area (Å²) in [5.74, 6) is 0. The van der Waals surface area contributed by atoms with Crippen molar-refractivity contribution in [3.05, 3.63) is 0 Å². The molecule has 0 heterocycles. The van der Waals surface area contributed by atoms with Gasteiger partial charge in [0.15, 0.2) is 5.11 Å². The van der Waals surface area contributed by atoms with E-state index in [0.29, 0.717) is 11.7 Å². The molecule has 0 aliphatic rings. The first-order valence-corrected chi connectivity index (χ1v) is 3.79. The number of nitrogens with one attached hydrogen (secondary N) is 1.